The van der Waals surface area contributed by atoms with Gasteiger partial charge in [-0.1, -0.05) is 24.3 Å². The number of esters is 4. The monoisotopic (exact) mass is 703 g/mol. The number of hydrogen-bond donors (Lipinski definition) is 1. The highest BCUT2D eigenvalue weighted by molar-refractivity contribution is 8.00. The van der Waals surface area contributed by atoms with Gasteiger partial charge in [0.2, 0.25) is 5.91 Å². The second-order valence-electron chi connectivity index (χ2n) is 11.3. The Morgan fingerprint density at radius 2 is 1.39 bits per heavy atom. The lowest BCUT2D eigenvalue weighted by molar-refractivity contribution is -0.190. The van der Waals surface area contributed by atoms with Crippen molar-refractivity contribution in [3.63, 3.8) is 0 Å². The van der Waals surface area contributed by atoms with E-state index in [0.717, 1.165) is 43.7 Å². The summed E-state index contributed by atoms with van der Waals surface area (Å²) in [5, 5.41) is -0.824. The van der Waals surface area contributed by atoms with Gasteiger partial charge < -0.3 is 38.9 Å². The van der Waals surface area contributed by atoms with E-state index in [1.165, 1.54) is 20.1 Å². The number of benzene rings is 2. The molecule has 1 fully saturated rings. The van der Waals surface area contributed by atoms with Crippen molar-refractivity contribution in [3.05, 3.63) is 58.7 Å². The molecule has 1 saturated heterocycles. The summed E-state index contributed by atoms with van der Waals surface area (Å²) in [5.41, 5.74) is 7.44. The number of thioether (sulfide) groups is 1. The fourth-order valence-electron chi connectivity index (χ4n) is 5.18. The Balaban J connectivity index is 2.08. The van der Waals surface area contributed by atoms with Crippen LogP contribution in [0.2, 0.25) is 0 Å². The van der Waals surface area contributed by atoms with Crippen molar-refractivity contribution in [1.29, 1.82) is 0 Å². The first-order valence-corrected chi connectivity index (χ1v) is 16.3. The van der Waals surface area contributed by atoms with Crippen LogP contribution >= 0.6 is 11.8 Å². The smallest absolute Gasteiger partial charge is 0.475 e. The Kier molecular flexibility index (Phi) is 14.3. The molecule has 5 atom stereocenters. The molecule has 1 aliphatic rings. The van der Waals surface area contributed by atoms with Gasteiger partial charge in [0.05, 0.1) is 12.4 Å². The van der Waals surface area contributed by atoms with Gasteiger partial charge in [0.1, 0.15) is 18.1 Å². The van der Waals surface area contributed by atoms with Crippen LogP contribution in [0.1, 0.15) is 62.8 Å². The summed E-state index contributed by atoms with van der Waals surface area (Å²) in [6.07, 6.45) is -2.85. The molecule has 3 rings (SSSR count). The summed E-state index contributed by atoms with van der Waals surface area (Å²) in [7, 11) is 1.17. The molecule has 1 amide bonds. The maximum Gasteiger partial charge on any atom is 0.513 e. The van der Waals surface area contributed by atoms with Crippen molar-refractivity contribution in [2.45, 2.75) is 89.3 Å². The molecule has 1 heterocycles. The fourth-order valence-corrected chi connectivity index (χ4v) is 6.57. The van der Waals surface area contributed by atoms with Crippen LogP contribution in [-0.4, -0.2) is 78.7 Å². The summed E-state index contributed by atoms with van der Waals surface area (Å²) in [5.74, 6) is -2.81. The highest BCUT2D eigenvalue weighted by atomic mass is 32.2. The first kappa shape index (κ1) is 38.7. The van der Waals surface area contributed by atoms with E-state index in [2.05, 4.69) is 4.74 Å². The minimum Gasteiger partial charge on any atom is -0.475 e. The lowest BCUT2D eigenvalue weighted by Gasteiger charge is -2.43. The van der Waals surface area contributed by atoms with Crippen molar-refractivity contribution in [2.24, 2.45) is 5.73 Å². The van der Waals surface area contributed by atoms with Crippen LogP contribution in [0, 0.1) is 6.92 Å². The van der Waals surface area contributed by atoms with Crippen LogP contribution in [0.25, 0.3) is 0 Å². The molecule has 0 saturated carbocycles. The molecule has 266 valence electrons. The van der Waals surface area contributed by atoms with E-state index < -0.39 is 59.0 Å². The zero-order chi connectivity index (χ0) is 36.2. The second kappa shape index (κ2) is 18.1. The molecule has 0 aliphatic carbocycles. The topological polar surface area (TPSA) is 193 Å². The Morgan fingerprint density at radius 1 is 0.796 bits per heavy atom. The number of carbonyl (C=O) groups excluding carboxylic acids is 6. The highest BCUT2D eigenvalue weighted by Crippen LogP contribution is 2.41. The molecule has 0 unspecified atom stereocenters. The van der Waals surface area contributed by atoms with Gasteiger partial charge in [0, 0.05) is 52.2 Å². The Bertz CT molecular complexity index is 1530. The van der Waals surface area contributed by atoms with Gasteiger partial charge in [-0.3, -0.25) is 24.0 Å². The van der Waals surface area contributed by atoms with E-state index >= 15 is 0 Å². The van der Waals surface area contributed by atoms with Gasteiger partial charge in [0.25, 0.3) is 0 Å². The van der Waals surface area contributed by atoms with Gasteiger partial charge in [-0.05, 0) is 42.5 Å². The van der Waals surface area contributed by atoms with E-state index in [0.29, 0.717) is 30.4 Å². The largest absolute Gasteiger partial charge is 0.513 e. The molecule has 0 spiro atoms. The number of primary amides is 1. The first-order valence-electron chi connectivity index (χ1n) is 15.4. The number of nitrogens with two attached hydrogens (primary N) is 1. The van der Waals surface area contributed by atoms with Gasteiger partial charge in [-0.15, -0.1) is 11.8 Å². The van der Waals surface area contributed by atoms with Gasteiger partial charge in [-0.25, -0.2) is 4.79 Å². The van der Waals surface area contributed by atoms with Gasteiger partial charge in [-0.2, -0.15) is 0 Å². The molecule has 0 bridgehead atoms. The molecule has 2 N–H and O–H groups in total. The molecule has 1 aliphatic heterocycles. The predicted molar refractivity (Wildman–Crippen MR) is 175 cm³/mol. The van der Waals surface area contributed by atoms with Gasteiger partial charge >= 0.3 is 30.0 Å². The Labute approximate surface area is 288 Å². The van der Waals surface area contributed by atoms with Crippen molar-refractivity contribution in [3.8, 4) is 11.5 Å². The van der Waals surface area contributed by atoms with Crippen molar-refractivity contribution >= 4 is 47.7 Å². The van der Waals surface area contributed by atoms with E-state index in [-0.39, 0.29) is 30.4 Å². The number of rotatable bonds is 14. The highest BCUT2D eigenvalue weighted by Gasteiger charge is 2.53. The Hall–Kier alpha value is -4.79. The van der Waals surface area contributed by atoms with Crippen LogP contribution in [0.3, 0.4) is 0 Å². The van der Waals surface area contributed by atoms with E-state index in [1.54, 1.807) is 13.0 Å². The lowest BCUT2D eigenvalue weighted by atomic mass is 9.97. The first-order chi connectivity index (χ1) is 23.2. The van der Waals surface area contributed by atoms with Crippen molar-refractivity contribution < 1.29 is 61.9 Å². The maximum atomic E-state index is 12.4. The lowest BCUT2D eigenvalue weighted by Crippen LogP contribution is -2.59. The average Bonchev–Trinajstić information content (AvgIpc) is 3.00. The summed E-state index contributed by atoms with van der Waals surface area (Å²) < 4.78 is 38.5. The molecule has 0 aromatic heterocycles. The van der Waals surface area contributed by atoms with Crippen LogP contribution in [-0.2, 0) is 60.5 Å². The number of carbonyl (C=O) groups is 6. The van der Waals surface area contributed by atoms with Crippen molar-refractivity contribution in [2.75, 3.05) is 13.7 Å². The maximum absolute atomic E-state index is 12.4. The number of methoxy groups -OCH3 is 1. The predicted octanol–water partition coefficient (Wildman–Crippen LogP) is 3.72. The molecule has 2 aromatic rings. The summed E-state index contributed by atoms with van der Waals surface area (Å²) >= 11 is 1.05. The third-order valence-corrected chi connectivity index (χ3v) is 8.64. The second-order valence-corrected chi connectivity index (χ2v) is 12.6. The van der Waals surface area contributed by atoms with Gasteiger partial charge in [0.15, 0.2) is 23.7 Å². The summed E-state index contributed by atoms with van der Waals surface area (Å²) in [6, 6.07) is 10.9. The zero-order valence-electron chi connectivity index (χ0n) is 28.2. The molecule has 2 aromatic carbocycles. The van der Waals surface area contributed by atoms with E-state index in [4.69, 9.17) is 34.2 Å². The summed E-state index contributed by atoms with van der Waals surface area (Å²) in [6.45, 7) is 6.22. The molecule has 0 radical (unpaired) electrons. The SMILES string of the molecule is COC(=O)Oc1cc(C)c(Cc2ccc(CCCC(N)=O)cc2)c(O[C@@H]2S[C@H](COC(C)=O)[C@@H](OC(C)=O)[C@H](OC(C)=O)[C@H]2OC(C)=O)c1. The molecule has 14 nitrogen and oxygen atoms in total. The average molecular weight is 704 g/mol. The number of amides is 1. The number of ether oxygens (including phenoxy) is 7. The quantitative estimate of drug-likeness (QED) is 0.170. The molecule has 49 heavy (non-hydrogen) atoms. The van der Waals surface area contributed by atoms with Crippen molar-refractivity contribution in [1.82, 2.24) is 0 Å². The van der Waals surface area contributed by atoms with E-state index in [9.17, 15) is 28.8 Å². The standard InChI is InChI=1S/C34H41NO13S/c1-18-14-25(47-34(41)42-6)16-27(26(18)15-24-12-10-23(11-13-24)8-7-9-29(35)40)48-33-32(46-22(5)39)31(45-21(4)38)30(44-20(3)37)28(49-33)17-43-19(2)36/h10-14,16,28,30-33H,7-9,15,17H2,1-6H3,(H2,35,40)/t28-,30-,31+,32-,33-/m1/s1. The summed E-state index contributed by atoms with van der Waals surface area (Å²) in [4.78, 5) is 71.7. The molecule has 15 heteroatoms. The van der Waals surface area contributed by atoms with Crippen LogP contribution < -0.4 is 15.2 Å². The molecular weight excluding hydrogens is 662 g/mol. The van der Waals surface area contributed by atoms with Crippen LogP contribution in [0.4, 0.5) is 4.79 Å². The minimum absolute atomic E-state index is 0.100. The fraction of sp³-hybridized carbons (Fsp3) is 0.471. The molecular formula is C34H41NO13S. The van der Waals surface area contributed by atoms with Crippen LogP contribution in [0.5, 0.6) is 11.5 Å². The minimum atomic E-state index is -1.35. The van der Waals surface area contributed by atoms with Crippen LogP contribution in [0.15, 0.2) is 36.4 Å². The third kappa shape index (κ3) is 12.0. The third-order valence-electron chi connectivity index (χ3n) is 7.26. The Morgan fingerprint density at radius 3 is 1.96 bits per heavy atom. The van der Waals surface area contributed by atoms with E-state index in [1.807, 2.05) is 24.3 Å². The number of aryl methyl sites for hydroxylation is 2. The zero-order valence-corrected chi connectivity index (χ0v) is 29.0. The normalized spacial score (nSPS) is 19.9. The number of hydrogen-bond acceptors (Lipinski definition) is 14.